The van der Waals surface area contributed by atoms with Crippen LogP contribution in [-0.2, 0) is 19.0 Å². The summed E-state index contributed by atoms with van der Waals surface area (Å²) in [5.74, 6) is 0.350. The average Bonchev–Trinajstić information content (AvgIpc) is 3.07. The molecule has 6 N–H and O–H groups in total. The Balaban J connectivity index is 1.18. The van der Waals surface area contributed by atoms with Gasteiger partial charge in [0.25, 0.3) is 0 Å². The molecule has 0 aromatic rings. The lowest BCUT2D eigenvalue weighted by Crippen LogP contribution is -2.67. The summed E-state index contributed by atoms with van der Waals surface area (Å²) >= 11 is 0. The lowest BCUT2D eigenvalue weighted by Gasteiger charge is -2.67. The predicted octanol–water partition coefficient (Wildman–Crippen LogP) is 2.39. The van der Waals surface area contributed by atoms with Crippen molar-refractivity contribution in [3.63, 3.8) is 0 Å². The summed E-state index contributed by atoms with van der Waals surface area (Å²) in [4.78, 5) is 11.6. The number of aliphatic hydroxyl groups excluding tert-OH is 3. The quantitative estimate of drug-likeness (QED) is 0.340. The number of hydrogen-bond donors (Lipinski definition) is 5. The minimum Gasteiger partial charge on any atom is -0.481 e. The molecule has 2 bridgehead atoms. The summed E-state index contributed by atoms with van der Waals surface area (Å²) in [6.45, 7) is 6.52. The van der Waals surface area contributed by atoms with Crippen molar-refractivity contribution in [2.45, 2.75) is 134 Å². The van der Waals surface area contributed by atoms with Gasteiger partial charge in [-0.25, -0.2) is 0 Å². The van der Waals surface area contributed by atoms with E-state index < -0.39 is 42.9 Å². The highest BCUT2D eigenvalue weighted by molar-refractivity contribution is 5.67. The molecule has 0 aromatic heterocycles. The van der Waals surface area contributed by atoms with Crippen LogP contribution in [0.2, 0.25) is 0 Å². The first-order chi connectivity index (χ1) is 17.9. The second kappa shape index (κ2) is 9.36. The van der Waals surface area contributed by atoms with E-state index in [0.717, 1.165) is 57.8 Å². The van der Waals surface area contributed by atoms with Crippen molar-refractivity contribution in [2.24, 2.45) is 46.2 Å². The second-order valence-corrected chi connectivity index (χ2v) is 14.1. The van der Waals surface area contributed by atoms with Crippen molar-refractivity contribution in [1.29, 1.82) is 0 Å². The highest BCUT2D eigenvalue weighted by atomic mass is 16.7. The molecule has 15 atom stereocenters. The molecule has 216 valence electrons. The maximum Gasteiger partial charge on any atom is 0.303 e. The molecule has 2 saturated heterocycles. The van der Waals surface area contributed by atoms with E-state index in [2.05, 4.69) is 13.8 Å². The van der Waals surface area contributed by atoms with Gasteiger partial charge in [-0.1, -0.05) is 13.8 Å². The van der Waals surface area contributed by atoms with Crippen LogP contribution >= 0.6 is 0 Å². The van der Waals surface area contributed by atoms with Gasteiger partial charge in [-0.05, 0) is 93.8 Å². The lowest BCUT2D eigenvalue weighted by molar-refractivity contribution is -0.334. The lowest BCUT2D eigenvalue weighted by atomic mass is 9.42. The monoisotopic (exact) mass is 537 g/mol. The summed E-state index contributed by atoms with van der Waals surface area (Å²) in [6.07, 6.45) is 4.57. The van der Waals surface area contributed by atoms with E-state index in [4.69, 9.17) is 19.9 Å². The van der Waals surface area contributed by atoms with E-state index in [9.17, 15) is 25.2 Å². The van der Waals surface area contributed by atoms with Gasteiger partial charge >= 0.3 is 5.97 Å². The number of rotatable bonds is 4. The summed E-state index contributed by atoms with van der Waals surface area (Å²) < 4.78 is 18.7. The van der Waals surface area contributed by atoms with E-state index in [-0.39, 0.29) is 40.8 Å². The Kier molecular flexibility index (Phi) is 6.74. The fraction of sp³-hybridized carbons (Fsp3) is 0.966. The van der Waals surface area contributed by atoms with Gasteiger partial charge in [-0.3, -0.25) is 4.79 Å². The molecule has 0 radical (unpaired) electrons. The Hall–Kier alpha value is -0.810. The number of nitrogens with two attached hydrogens (primary N) is 1. The summed E-state index contributed by atoms with van der Waals surface area (Å²) in [6, 6.07) is -0.792. The molecule has 2 aliphatic heterocycles. The second-order valence-electron chi connectivity index (χ2n) is 14.1. The first kappa shape index (κ1) is 27.4. The van der Waals surface area contributed by atoms with Gasteiger partial charge in [-0.15, -0.1) is 0 Å². The van der Waals surface area contributed by atoms with Crippen molar-refractivity contribution in [3.05, 3.63) is 0 Å². The van der Waals surface area contributed by atoms with E-state index in [1.807, 2.05) is 0 Å². The number of aliphatic hydroxyl groups is 3. The van der Waals surface area contributed by atoms with Gasteiger partial charge in [0, 0.05) is 11.3 Å². The van der Waals surface area contributed by atoms with Crippen molar-refractivity contribution < 1.29 is 39.4 Å². The van der Waals surface area contributed by atoms with Crippen molar-refractivity contribution in [2.75, 3.05) is 0 Å². The molecule has 0 unspecified atom stereocenters. The molecule has 6 aliphatic rings. The van der Waals surface area contributed by atoms with Crippen LogP contribution in [-0.4, -0.2) is 75.0 Å². The number of fused-ring (bicyclic) bond motifs is 3. The Morgan fingerprint density at radius 1 is 0.974 bits per heavy atom. The average molecular weight is 538 g/mol. The van der Waals surface area contributed by atoms with E-state index in [1.165, 1.54) is 0 Å². The highest BCUT2D eigenvalue weighted by Gasteiger charge is 2.72. The molecular formula is C29H47NO8. The van der Waals surface area contributed by atoms with Gasteiger partial charge in [0.15, 0.2) is 12.6 Å². The zero-order chi connectivity index (χ0) is 27.2. The molecule has 2 heterocycles. The number of carbonyl (C=O) groups is 1. The number of ether oxygens (including phenoxy) is 3. The fourth-order valence-corrected chi connectivity index (χ4v) is 10.6. The van der Waals surface area contributed by atoms with Crippen LogP contribution in [0.3, 0.4) is 0 Å². The van der Waals surface area contributed by atoms with Crippen molar-refractivity contribution >= 4 is 5.97 Å². The van der Waals surface area contributed by atoms with Crippen LogP contribution in [0.1, 0.15) is 85.0 Å². The maximum absolute atomic E-state index is 11.6. The Morgan fingerprint density at radius 3 is 2.45 bits per heavy atom. The van der Waals surface area contributed by atoms with Gasteiger partial charge < -0.3 is 40.4 Å². The Bertz CT molecular complexity index is 934. The first-order valence-electron chi connectivity index (χ1n) is 14.9. The molecule has 6 rings (SSSR count). The third-order valence-electron chi connectivity index (χ3n) is 12.7. The highest BCUT2D eigenvalue weighted by Crippen LogP contribution is 2.73. The zero-order valence-electron chi connectivity index (χ0n) is 23.0. The van der Waals surface area contributed by atoms with Gasteiger partial charge in [0.05, 0.1) is 36.4 Å². The number of carboxylic acids is 1. The Labute approximate surface area is 225 Å². The third kappa shape index (κ3) is 3.79. The predicted molar refractivity (Wildman–Crippen MR) is 136 cm³/mol. The van der Waals surface area contributed by atoms with Crippen LogP contribution < -0.4 is 5.73 Å². The third-order valence-corrected chi connectivity index (χ3v) is 12.7. The van der Waals surface area contributed by atoms with Gasteiger partial charge in [0.1, 0.15) is 6.10 Å². The van der Waals surface area contributed by atoms with E-state index in [1.54, 1.807) is 6.92 Å². The maximum atomic E-state index is 11.6. The van der Waals surface area contributed by atoms with Gasteiger partial charge in [0.2, 0.25) is 0 Å². The van der Waals surface area contributed by atoms with E-state index >= 15 is 0 Å². The van der Waals surface area contributed by atoms with Crippen LogP contribution in [0, 0.1) is 40.4 Å². The number of carboxylic acid groups (broad SMARTS) is 1. The minimum atomic E-state index is -1.06. The van der Waals surface area contributed by atoms with Crippen LogP contribution in [0.25, 0.3) is 0 Å². The van der Waals surface area contributed by atoms with Crippen LogP contribution in [0.4, 0.5) is 0 Å². The van der Waals surface area contributed by atoms with Crippen LogP contribution in [0.15, 0.2) is 0 Å². The molecule has 9 heteroatoms. The molecule has 0 aromatic carbocycles. The number of aliphatic carboxylic acids is 1. The molecule has 6 fully saturated rings. The van der Waals surface area contributed by atoms with E-state index in [0.29, 0.717) is 17.8 Å². The van der Waals surface area contributed by atoms with Crippen molar-refractivity contribution in [1.82, 2.24) is 0 Å². The Morgan fingerprint density at radius 2 is 1.71 bits per heavy atom. The molecule has 4 saturated carbocycles. The standard InChI is InChI=1S/C29H47NO8/c1-14-23(33)22(30)24(34)26(36-14)37-16-6-9-27(2)15(12-16)4-5-20-19(27)7-10-28(3)18-8-11-29(20,28)38-25(35)17(18)13-21(31)32/h14-20,22-26,33-35H,4-13,30H2,1-3H3,(H,31,32)/t14-,15+,16-,17-,18+,19-,20+,22+,23-,24+,25+,26-,27-,28+,29-/m0/s1. The fourth-order valence-electron chi connectivity index (χ4n) is 10.6. The summed E-state index contributed by atoms with van der Waals surface area (Å²) in [7, 11) is 0. The normalized spacial score (nSPS) is 58.0. The smallest absolute Gasteiger partial charge is 0.303 e. The topological polar surface area (TPSA) is 152 Å². The molecule has 4 aliphatic carbocycles. The zero-order valence-corrected chi connectivity index (χ0v) is 23.0. The minimum absolute atomic E-state index is 0.0219. The largest absolute Gasteiger partial charge is 0.481 e. The van der Waals surface area contributed by atoms with Crippen molar-refractivity contribution in [3.8, 4) is 0 Å². The molecule has 0 spiro atoms. The summed E-state index contributed by atoms with van der Waals surface area (Å²) in [5, 5.41) is 41.2. The summed E-state index contributed by atoms with van der Waals surface area (Å²) in [5.41, 5.74) is 5.71. The van der Waals surface area contributed by atoms with Crippen LogP contribution in [0.5, 0.6) is 0 Å². The molecule has 9 nitrogen and oxygen atoms in total. The first-order valence-corrected chi connectivity index (χ1v) is 14.9. The molecule has 38 heavy (non-hydrogen) atoms. The molecular weight excluding hydrogens is 490 g/mol. The molecule has 0 amide bonds. The SMILES string of the molecule is C[C@@H]1O[C@@H](O[C@H]2CC[C@@]3(C)[C@H](CC[C@@H]4[C@@H]3CC[C@]3(C)[C@@H]5CC[C@]43O[C@@H](O)[C@H]5CC(=O)O)C2)[C@H](O)[C@H](N)[C@H]1O. The van der Waals surface area contributed by atoms with Gasteiger partial charge in [-0.2, -0.15) is 0 Å². The number of hydrogen-bond acceptors (Lipinski definition) is 8.